The molecule has 0 amide bonds. The van der Waals surface area contributed by atoms with Crippen molar-refractivity contribution in [3.63, 3.8) is 0 Å². The average molecular weight is 272 g/mol. The van der Waals surface area contributed by atoms with Gasteiger partial charge in [-0.1, -0.05) is 26.3 Å². The first-order valence-corrected chi connectivity index (χ1v) is 5.89. The van der Waals surface area contributed by atoms with Crippen LogP contribution in [0.2, 0.25) is 0 Å². The van der Waals surface area contributed by atoms with Crippen molar-refractivity contribution in [1.29, 1.82) is 0 Å². The Hall–Kier alpha value is -0.970. The van der Waals surface area contributed by atoms with Crippen LogP contribution in [0.5, 0.6) is 0 Å². The summed E-state index contributed by atoms with van der Waals surface area (Å²) >= 11 is 0. The van der Waals surface area contributed by atoms with E-state index in [-0.39, 0.29) is 36.0 Å². The van der Waals surface area contributed by atoms with Gasteiger partial charge in [-0.3, -0.25) is 9.59 Å². The summed E-state index contributed by atoms with van der Waals surface area (Å²) in [6.45, 7) is 3.36. The molecule has 19 heavy (non-hydrogen) atoms. The predicted octanol–water partition coefficient (Wildman–Crippen LogP) is -0.411. The molecule has 0 aliphatic rings. The minimum Gasteiger partial charge on any atom is -0.481 e. The van der Waals surface area contributed by atoms with Crippen LogP contribution < -0.4 is 29.6 Å². The summed E-state index contributed by atoms with van der Waals surface area (Å²) in [5, 5.41) is 18.7. The number of aliphatic carboxylic acids is 2. The average Bonchev–Trinajstić information content (AvgIpc) is 2.35. The van der Waals surface area contributed by atoms with Crippen molar-refractivity contribution >= 4 is 11.9 Å². The van der Waals surface area contributed by atoms with Gasteiger partial charge in [-0.05, 0) is 6.42 Å². The maximum absolute atomic E-state index is 11.5. The molecule has 0 saturated carbocycles. The van der Waals surface area contributed by atoms with Crippen molar-refractivity contribution in [3.05, 3.63) is 41.8 Å². The van der Waals surface area contributed by atoms with Gasteiger partial charge in [-0.15, -0.1) is 18.1 Å². The van der Waals surface area contributed by atoms with Crippen LogP contribution in [0.15, 0.2) is 30.3 Å². The second-order valence-corrected chi connectivity index (χ2v) is 4.07. The van der Waals surface area contributed by atoms with Gasteiger partial charge >= 0.3 is 41.5 Å². The van der Waals surface area contributed by atoms with E-state index in [4.69, 9.17) is 0 Å². The molecule has 0 saturated heterocycles. The first-order valence-electron chi connectivity index (χ1n) is 5.89. The van der Waals surface area contributed by atoms with Gasteiger partial charge in [-0.25, -0.2) is 0 Å². The second-order valence-electron chi connectivity index (χ2n) is 4.07. The van der Waals surface area contributed by atoms with Crippen LogP contribution in [-0.4, -0.2) is 22.2 Å². The molecule has 1 rings (SSSR count). The SMILES string of the molecule is CC[C-](c1ccccc1)C(CC)(C(=O)O)C(=O)O.[Na+]. The third-order valence-corrected chi connectivity index (χ3v) is 3.25. The standard InChI is InChI=1S/C14H17O4.Na/c1-3-11(10-8-6-5-7-9-10)14(4-2,12(15)16)13(17)18;/h5-9H,3-4H2,1-2H3,(H,15,16)(H,17,18);/q-1;+1. The molecular formula is C14H17NaO4. The van der Waals surface area contributed by atoms with Crippen LogP contribution in [-0.2, 0) is 9.59 Å². The van der Waals surface area contributed by atoms with E-state index in [0.29, 0.717) is 17.9 Å². The molecule has 0 aliphatic carbocycles. The third-order valence-electron chi connectivity index (χ3n) is 3.25. The summed E-state index contributed by atoms with van der Waals surface area (Å²) in [6, 6.07) is 8.85. The van der Waals surface area contributed by atoms with Gasteiger partial charge in [-0.2, -0.15) is 17.7 Å². The summed E-state index contributed by atoms with van der Waals surface area (Å²) in [4.78, 5) is 22.9. The number of benzene rings is 1. The Morgan fingerprint density at radius 2 is 1.58 bits per heavy atom. The van der Waals surface area contributed by atoms with Gasteiger partial charge in [0.2, 0.25) is 0 Å². The molecule has 98 valence electrons. The Kier molecular flexibility index (Phi) is 7.19. The van der Waals surface area contributed by atoms with E-state index in [1.165, 1.54) is 0 Å². The maximum Gasteiger partial charge on any atom is 1.00 e. The fourth-order valence-electron chi connectivity index (χ4n) is 2.26. The Morgan fingerprint density at radius 1 is 1.11 bits per heavy atom. The largest absolute Gasteiger partial charge is 1.00 e. The molecule has 4 nitrogen and oxygen atoms in total. The van der Waals surface area contributed by atoms with E-state index in [1.54, 1.807) is 38.1 Å². The molecule has 0 atom stereocenters. The zero-order chi connectivity index (χ0) is 13.8. The van der Waals surface area contributed by atoms with Gasteiger partial charge in [0.05, 0.1) is 0 Å². The molecule has 0 heterocycles. The van der Waals surface area contributed by atoms with E-state index in [0.717, 1.165) is 0 Å². The van der Waals surface area contributed by atoms with Crippen LogP contribution in [0, 0.1) is 11.3 Å². The van der Waals surface area contributed by atoms with Crippen LogP contribution >= 0.6 is 0 Å². The van der Waals surface area contributed by atoms with Crippen LogP contribution in [0.3, 0.4) is 0 Å². The van der Waals surface area contributed by atoms with Crippen molar-refractivity contribution in [2.45, 2.75) is 26.7 Å². The zero-order valence-corrected chi connectivity index (χ0v) is 13.5. The summed E-state index contributed by atoms with van der Waals surface area (Å²) in [6.07, 6.45) is 0.409. The van der Waals surface area contributed by atoms with Crippen LogP contribution in [0.25, 0.3) is 0 Å². The van der Waals surface area contributed by atoms with Crippen LogP contribution in [0.1, 0.15) is 32.3 Å². The summed E-state index contributed by atoms with van der Waals surface area (Å²) in [5.41, 5.74) is -1.16. The van der Waals surface area contributed by atoms with Gasteiger partial charge in [0.1, 0.15) is 5.41 Å². The summed E-state index contributed by atoms with van der Waals surface area (Å²) in [7, 11) is 0. The first kappa shape index (κ1) is 18.0. The topological polar surface area (TPSA) is 74.6 Å². The monoisotopic (exact) mass is 272 g/mol. The second kappa shape index (κ2) is 7.58. The molecule has 5 heteroatoms. The molecule has 2 N–H and O–H groups in total. The molecule has 0 radical (unpaired) electrons. The minimum absolute atomic E-state index is 0. The fourth-order valence-corrected chi connectivity index (χ4v) is 2.26. The molecule has 0 aromatic heterocycles. The number of rotatable bonds is 6. The summed E-state index contributed by atoms with van der Waals surface area (Å²) < 4.78 is 0. The van der Waals surface area contributed by atoms with E-state index in [2.05, 4.69) is 0 Å². The van der Waals surface area contributed by atoms with Crippen LogP contribution in [0.4, 0.5) is 0 Å². The summed E-state index contributed by atoms with van der Waals surface area (Å²) in [5.74, 6) is -2.18. The quantitative estimate of drug-likeness (QED) is 0.419. The van der Waals surface area contributed by atoms with Gasteiger partial charge < -0.3 is 10.2 Å². The fraction of sp³-hybridized carbons (Fsp3) is 0.357. The van der Waals surface area contributed by atoms with Gasteiger partial charge in [0.25, 0.3) is 0 Å². The number of carbonyl (C=O) groups is 2. The van der Waals surface area contributed by atoms with Gasteiger partial charge in [0, 0.05) is 0 Å². The van der Waals surface area contributed by atoms with Crippen molar-refractivity contribution in [2.75, 3.05) is 0 Å². The maximum atomic E-state index is 11.5. The predicted molar refractivity (Wildman–Crippen MR) is 67.1 cm³/mol. The van der Waals surface area contributed by atoms with Crippen molar-refractivity contribution < 1.29 is 49.4 Å². The molecule has 0 spiro atoms. The Morgan fingerprint density at radius 3 is 1.89 bits per heavy atom. The Labute approximate surface area is 135 Å². The first-order chi connectivity index (χ1) is 8.50. The van der Waals surface area contributed by atoms with Crippen molar-refractivity contribution in [3.8, 4) is 0 Å². The molecule has 1 aromatic rings. The normalized spacial score (nSPS) is 10.4. The van der Waals surface area contributed by atoms with Gasteiger partial charge in [0.15, 0.2) is 0 Å². The van der Waals surface area contributed by atoms with E-state index < -0.39 is 17.4 Å². The third kappa shape index (κ3) is 3.32. The number of hydrogen-bond acceptors (Lipinski definition) is 2. The minimum atomic E-state index is -1.84. The van der Waals surface area contributed by atoms with Crippen molar-refractivity contribution in [1.82, 2.24) is 0 Å². The molecule has 0 aliphatic heterocycles. The molecule has 1 aromatic carbocycles. The van der Waals surface area contributed by atoms with E-state index in [9.17, 15) is 19.8 Å². The molecule has 0 fully saturated rings. The Bertz CT molecular complexity index is 416. The Balaban J connectivity index is 0.00000324. The number of carboxylic acid groups (broad SMARTS) is 2. The molecule has 0 unspecified atom stereocenters. The van der Waals surface area contributed by atoms with Crippen molar-refractivity contribution in [2.24, 2.45) is 5.41 Å². The number of carboxylic acids is 2. The molecule has 0 bridgehead atoms. The zero-order valence-electron chi connectivity index (χ0n) is 11.5. The molecular weight excluding hydrogens is 255 g/mol. The van der Waals surface area contributed by atoms with E-state index in [1.807, 2.05) is 6.07 Å². The number of hydrogen-bond donors (Lipinski definition) is 2. The van der Waals surface area contributed by atoms with E-state index >= 15 is 0 Å². The smallest absolute Gasteiger partial charge is 0.481 e.